The Morgan fingerprint density at radius 3 is 2.47 bits per heavy atom. The van der Waals surface area contributed by atoms with Gasteiger partial charge in [0.25, 0.3) is 0 Å². The quantitative estimate of drug-likeness (QED) is 0.103. The van der Waals surface area contributed by atoms with Crippen LogP contribution in [0.4, 0.5) is 35.2 Å². The minimum atomic E-state index is -4.65. The molecule has 47 heavy (non-hydrogen) atoms. The van der Waals surface area contributed by atoms with Crippen molar-refractivity contribution in [3.05, 3.63) is 65.3 Å². The van der Waals surface area contributed by atoms with Crippen molar-refractivity contribution >= 4 is 64.6 Å². The highest BCUT2D eigenvalue weighted by molar-refractivity contribution is 7.22. The van der Waals surface area contributed by atoms with E-state index in [0.29, 0.717) is 41.6 Å². The molecule has 5 aromatic rings. The number of benzene rings is 2. The number of halogens is 4. The molecule has 0 bridgehead atoms. The molecule has 2 aromatic carbocycles. The molecular formula is C31H34ClF3N8O2SSi. The third-order valence-corrected chi connectivity index (χ3v) is 14.0. The summed E-state index contributed by atoms with van der Waals surface area (Å²) in [5, 5.41) is 18.5. The van der Waals surface area contributed by atoms with E-state index in [2.05, 4.69) is 64.9 Å². The number of carbonyl (C=O) groups is 1. The number of nitrogens with two attached hydrogens (primary N) is 1. The first-order chi connectivity index (χ1) is 22.0. The molecule has 0 unspecified atom stereocenters. The van der Waals surface area contributed by atoms with Gasteiger partial charge in [0, 0.05) is 44.9 Å². The zero-order chi connectivity index (χ0) is 34.1. The Bertz CT molecular complexity index is 1920. The largest absolute Gasteiger partial charge is 0.417 e. The first kappa shape index (κ1) is 34.3. The summed E-state index contributed by atoms with van der Waals surface area (Å²) in [5.41, 5.74) is 6.98. The SMILES string of the molecule is CC(C)(C)[Si](C)(C)OCCCn1nnc(-c2cnc(N)c(-c3cc4cc(NC(=O)Nc5ccc(Cl)c(C(F)(F)F)c5)ccc4s3)c2)n1. The molecule has 4 N–H and O–H groups in total. The highest BCUT2D eigenvalue weighted by Crippen LogP contribution is 2.39. The number of alkyl halides is 3. The van der Waals surface area contributed by atoms with Crippen LogP contribution in [0.3, 0.4) is 0 Å². The van der Waals surface area contributed by atoms with Crippen LogP contribution in [0, 0.1) is 0 Å². The Morgan fingerprint density at radius 1 is 1.06 bits per heavy atom. The number of tetrazole rings is 1. The van der Waals surface area contributed by atoms with E-state index >= 15 is 0 Å². The average molecular weight is 703 g/mol. The zero-order valence-electron chi connectivity index (χ0n) is 26.4. The third-order valence-electron chi connectivity index (χ3n) is 7.97. The summed E-state index contributed by atoms with van der Waals surface area (Å²) in [6.07, 6.45) is -2.29. The predicted octanol–water partition coefficient (Wildman–Crippen LogP) is 8.93. The molecule has 0 aliphatic heterocycles. The molecule has 3 heterocycles. The Balaban J connectivity index is 1.26. The number of nitrogen functional groups attached to an aromatic ring is 1. The fourth-order valence-corrected chi connectivity index (χ4v) is 6.75. The number of urea groups is 1. The standard InChI is InChI=1S/C31H34ClF3N8O2SSi/c1-30(2,3)47(4,5)45-12-6-11-43-41-28(40-42-43)19-14-22(27(36)37-17-19)26-15-18-13-20(8-10-25(18)46-26)38-29(44)39-21-7-9-24(32)23(16-21)31(33,34)35/h7-10,13-17H,6,11-12H2,1-5H3,(H2,36,37)(H2,38,39,44). The lowest BCUT2D eigenvalue weighted by molar-refractivity contribution is -0.137. The Morgan fingerprint density at radius 2 is 1.77 bits per heavy atom. The normalized spacial score (nSPS) is 12.4. The number of nitrogens with zero attached hydrogens (tertiary/aromatic N) is 5. The maximum atomic E-state index is 13.2. The number of aryl methyl sites for hydroxylation is 1. The number of aromatic nitrogens is 5. The maximum absolute atomic E-state index is 13.2. The topological polar surface area (TPSA) is 133 Å². The summed E-state index contributed by atoms with van der Waals surface area (Å²) in [4.78, 5) is 19.3. The number of thiophene rings is 1. The third kappa shape index (κ3) is 8.09. The molecule has 0 aliphatic carbocycles. The number of anilines is 3. The highest BCUT2D eigenvalue weighted by Gasteiger charge is 2.37. The number of fused-ring (bicyclic) bond motifs is 1. The van der Waals surface area contributed by atoms with Gasteiger partial charge in [-0.1, -0.05) is 32.4 Å². The van der Waals surface area contributed by atoms with Gasteiger partial charge in [-0.3, -0.25) is 0 Å². The minimum absolute atomic E-state index is 0.0499. The second-order valence-corrected chi connectivity index (χ2v) is 18.8. The first-order valence-corrected chi connectivity index (χ1v) is 18.8. The van der Waals surface area contributed by atoms with E-state index in [-0.39, 0.29) is 10.7 Å². The van der Waals surface area contributed by atoms with Crippen LogP contribution in [0.1, 0.15) is 32.8 Å². The fraction of sp³-hybridized carbons (Fsp3) is 0.323. The van der Waals surface area contributed by atoms with E-state index in [1.807, 2.05) is 18.2 Å². The summed E-state index contributed by atoms with van der Waals surface area (Å²) in [6, 6.07) is 11.5. The van der Waals surface area contributed by atoms with Gasteiger partial charge in [0.15, 0.2) is 8.32 Å². The number of hydrogen-bond donors (Lipinski definition) is 3. The van der Waals surface area contributed by atoms with Crippen LogP contribution in [-0.4, -0.2) is 46.1 Å². The van der Waals surface area contributed by atoms with Gasteiger partial charge < -0.3 is 20.8 Å². The van der Waals surface area contributed by atoms with Gasteiger partial charge in [0.2, 0.25) is 5.82 Å². The van der Waals surface area contributed by atoms with Gasteiger partial charge in [-0.25, -0.2) is 9.78 Å². The summed E-state index contributed by atoms with van der Waals surface area (Å²) >= 11 is 7.16. The van der Waals surface area contributed by atoms with Crippen LogP contribution in [0.2, 0.25) is 23.2 Å². The van der Waals surface area contributed by atoms with Crippen LogP contribution in [0.5, 0.6) is 0 Å². The molecule has 0 saturated carbocycles. The lowest BCUT2D eigenvalue weighted by Gasteiger charge is -2.36. The van der Waals surface area contributed by atoms with Crippen molar-refractivity contribution < 1.29 is 22.4 Å². The molecular weight excluding hydrogens is 669 g/mol. The van der Waals surface area contributed by atoms with E-state index in [9.17, 15) is 18.0 Å². The molecule has 2 amide bonds. The van der Waals surface area contributed by atoms with Crippen molar-refractivity contribution in [1.82, 2.24) is 25.2 Å². The number of amides is 2. The first-order valence-electron chi connectivity index (χ1n) is 14.7. The second-order valence-electron chi connectivity index (χ2n) is 12.5. The van der Waals surface area contributed by atoms with Gasteiger partial charge >= 0.3 is 12.2 Å². The van der Waals surface area contributed by atoms with Crippen LogP contribution >= 0.6 is 22.9 Å². The maximum Gasteiger partial charge on any atom is 0.417 e. The molecule has 0 spiro atoms. The summed E-state index contributed by atoms with van der Waals surface area (Å²) in [7, 11) is -1.82. The van der Waals surface area contributed by atoms with Crippen LogP contribution in [0.25, 0.3) is 31.9 Å². The number of carbonyl (C=O) groups excluding carboxylic acids is 1. The number of nitrogens with one attached hydrogen (secondary N) is 2. The zero-order valence-corrected chi connectivity index (χ0v) is 28.9. The molecule has 3 aromatic heterocycles. The minimum Gasteiger partial charge on any atom is -0.417 e. The van der Waals surface area contributed by atoms with Gasteiger partial charge in [-0.2, -0.15) is 18.0 Å². The highest BCUT2D eigenvalue weighted by atomic mass is 35.5. The van der Waals surface area contributed by atoms with Gasteiger partial charge in [0.05, 0.1) is 17.1 Å². The Hall–Kier alpha value is -4.05. The number of rotatable bonds is 9. The van der Waals surface area contributed by atoms with Crippen molar-refractivity contribution in [3.63, 3.8) is 0 Å². The smallest absolute Gasteiger partial charge is 0.417 e. The van der Waals surface area contributed by atoms with Crippen molar-refractivity contribution in [3.8, 4) is 21.8 Å². The molecule has 16 heteroatoms. The van der Waals surface area contributed by atoms with Crippen molar-refractivity contribution in [2.24, 2.45) is 0 Å². The van der Waals surface area contributed by atoms with Gasteiger partial charge in [0.1, 0.15) is 5.82 Å². The van der Waals surface area contributed by atoms with E-state index in [1.54, 1.807) is 23.1 Å². The van der Waals surface area contributed by atoms with Crippen molar-refractivity contribution in [1.29, 1.82) is 0 Å². The van der Waals surface area contributed by atoms with E-state index in [4.69, 9.17) is 21.8 Å². The van der Waals surface area contributed by atoms with Gasteiger partial charge in [-0.15, -0.1) is 21.5 Å². The Labute approximate surface area is 279 Å². The monoisotopic (exact) mass is 702 g/mol. The van der Waals surface area contributed by atoms with E-state index < -0.39 is 31.1 Å². The van der Waals surface area contributed by atoms with E-state index in [0.717, 1.165) is 33.5 Å². The Kier molecular flexibility index (Phi) is 9.64. The lowest BCUT2D eigenvalue weighted by Crippen LogP contribution is -2.41. The molecule has 0 fully saturated rings. The number of hydrogen-bond acceptors (Lipinski definition) is 8. The summed E-state index contributed by atoms with van der Waals surface area (Å²) in [5.74, 6) is 0.750. The molecule has 0 radical (unpaired) electrons. The lowest BCUT2D eigenvalue weighted by atomic mass is 10.1. The second kappa shape index (κ2) is 13.2. The predicted molar refractivity (Wildman–Crippen MR) is 183 cm³/mol. The molecule has 248 valence electrons. The number of pyridine rings is 1. The fourth-order valence-electron chi connectivity index (χ4n) is 4.37. The summed E-state index contributed by atoms with van der Waals surface area (Å²) in [6.45, 7) is 12.3. The molecule has 0 aliphatic rings. The molecule has 0 atom stereocenters. The van der Waals surface area contributed by atoms with Crippen LogP contribution in [-0.2, 0) is 17.1 Å². The summed E-state index contributed by atoms with van der Waals surface area (Å²) < 4.78 is 46.7. The van der Waals surface area contributed by atoms with Crippen molar-refractivity contribution in [2.45, 2.75) is 58.0 Å². The van der Waals surface area contributed by atoms with Crippen LogP contribution in [0.15, 0.2) is 54.7 Å². The van der Waals surface area contributed by atoms with E-state index in [1.165, 1.54) is 17.4 Å². The van der Waals surface area contributed by atoms with Gasteiger partial charge in [-0.05, 0) is 83.7 Å². The molecule has 0 saturated heterocycles. The average Bonchev–Trinajstić information content (AvgIpc) is 3.62. The van der Waals surface area contributed by atoms with Crippen molar-refractivity contribution in [2.75, 3.05) is 23.0 Å². The van der Waals surface area contributed by atoms with Crippen LogP contribution < -0.4 is 16.4 Å². The molecule has 5 rings (SSSR count). The molecule has 10 nitrogen and oxygen atoms in total.